The van der Waals surface area contributed by atoms with Crippen molar-refractivity contribution < 1.29 is 9.53 Å². The van der Waals surface area contributed by atoms with Crippen LogP contribution in [0.3, 0.4) is 0 Å². The molecule has 0 heterocycles. The molecule has 0 aliphatic rings. The van der Waals surface area contributed by atoms with Gasteiger partial charge >= 0.3 is 0 Å². The standard InChI is InChI=1S/C19H27N3O2/c1-2-3-13-24-14-7-11-21-16-18(15-20)19(23)22-12-10-17-8-5-4-6-9-17/h4-6,8-9,16,21H,2-3,7,10-14H2,1H3,(H,22,23)/b18-16-. The van der Waals surface area contributed by atoms with Gasteiger partial charge in [-0.3, -0.25) is 4.79 Å². The van der Waals surface area contributed by atoms with Crippen LogP contribution in [-0.2, 0) is 16.0 Å². The van der Waals surface area contributed by atoms with Crippen LogP contribution in [0.15, 0.2) is 42.1 Å². The molecule has 0 radical (unpaired) electrons. The molecule has 0 bridgehead atoms. The Morgan fingerprint density at radius 3 is 2.67 bits per heavy atom. The third-order valence-electron chi connectivity index (χ3n) is 3.41. The molecule has 130 valence electrons. The lowest BCUT2D eigenvalue weighted by Gasteiger charge is -2.06. The lowest BCUT2D eigenvalue weighted by Crippen LogP contribution is -2.27. The number of nitrogens with zero attached hydrogens (tertiary/aromatic N) is 1. The third-order valence-corrected chi connectivity index (χ3v) is 3.41. The molecule has 0 saturated heterocycles. The summed E-state index contributed by atoms with van der Waals surface area (Å²) in [5.74, 6) is -0.347. The van der Waals surface area contributed by atoms with Crippen molar-refractivity contribution in [2.75, 3.05) is 26.3 Å². The van der Waals surface area contributed by atoms with Crippen LogP contribution < -0.4 is 10.6 Å². The molecule has 5 nitrogen and oxygen atoms in total. The second-order valence-electron chi connectivity index (χ2n) is 5.43. The molecule has 1 aromatic rings. The summed E-state index contributed by atoms with van der Waals surface area (Å²) in [6, 6.07) is 11.8. The van der Waals surface area contributed by atoms with E-state index >= 15 is 0 Å². The van der Waals surface area contributed by atoms with Crippen molar-refractivity contribution in [2.45, 2.75) is 32.6 Å². The highest BCUT2D eigenvalue weighted by atomic mass is 16.5. The summed E-state index contributed by atoms with van der Waals surface area (Å²) in [6.07, 6.45) is 5.27. The van der Waals surface area contributed by atoms with Gasteiger partial charge in [0, 0.05) is 32.5 Å². The topological polar surface area (TPSA) is 74.1 Å². The van der Waals surface area contributed by atoms with E-state index < -0.39 is 0 Å². The number of hydrogen-bond donors (Lipinski definition) is 2. The van der Waals surface area contributed by atoms with E-state index in [4.69, 9.17) is 10.00 Å². The molecule has 24 heavy (non-hydrogen) atoms. The SMILES string of the molecule is CCCCOCCCN/C=C(/C#N)C(=O)NCCc1ccccc1. The predicted octanol–water partition coefficient (Wildman–Crippen LogP) is 2.55. The van der Waals surface area contributed by atoms with Gasteiger partial charge in [-0.05, 0) is 24.8 Å². The van der Waals surface area contributed by atoms with Crippen LogP contribution >= 0.6 is 0 Å². The Morgan fingerprint density at radius 1 is 1.21 bits per heavy atom. The molecule has 0 saturated carbocycles. The van der Waals surface area contributed by atoms with E-state index in [0.29, 0.717) is 19.7 Å². The van der Waals surface area contributed by atoms with Gasteiger partial charge in [0.15, 0.2) is 0 Å². The van der Waals surface area contributed by atoms with Crippen LogP contribution in [0.5, 0.6) is 0 Å². The molecule has 0 fully saturated rings. The largest absolute Gasteiger partial charge is 0.390 e. The van der Waals surface area contributed by atoms with Gasteiger partial charge in [0.05, 0.1) is 0 Å². The summed E-state index contributed by atoms with van der Waals surface area (Å²) in [5.41, 5.74) is 1.25. The average Bonchev–Trinajstić information content (AvgIpc) is 2.61. The van der Waals surface area contributed by atoms with Crippen molar-refractivity contribution in [1.82, 2.24) is 10.6 Å². The van der Waals surface area contributed by atoms with Crippen molar-refractivity contribution in [3.63, 3.8) is 0 Å². The van der Waals surface area contributed by atoms with Gasteiger partial charge in [0.1, 0.15) is 11.6 Å². The van der Waals surface area contributed by atoms with Crippen LogP contribution in [0.4, 0.5) is 0 Å². The molecule has 0 aliphatic heterocycles. The fourth-order valence-corrected chi connectivity index (χ4v) is 2.01. The molecule has 1 rings (SSSR count). The van der Waals surface area contributed by atoms with Crippen molar-refractivity contribution in [2.24, 2.45) is 0 Å². The van der Waals surface area contributed by atoms with Crippen molar-refractivity contribution in [3.05, 3.63) is 47.7 Å². The summed E-state index contributed by atoms with van der Waals surface area (Å²) in [4.78, 5) is 11.9. The monoisotopic (exact) mass is 329 g/mol. The number of ether oxygens (including phenoxy) is 1. The second-order valence-corrected chi connectivity index (χ2v) is 5.43. The van der Waals surface area contributed by atoms with Crippen molar-refractivity contribution >= 4 is 5.91 Å². The van der Waals surface area contributed by atoms with E-state index in [1.807, 2.05) is 36.4 Å². The highest BCUT2D eigenvalue weighted by molar-refractivity contribution is 5.97. The normalized spacial score (nSPS) is 10.9. The van der Waals surface area contributed by atoms with Gasteiger partial charge in [-0.25, -0.2) is 0 Å². The number of rotatable bonds is 12. The number of hydrogen-bond acceptors (Lipinski definition) is 4. The van der Waals surface area contributed by atoms with Crippen LogP contribution in [0.2, 0.25) is 0 Å². The van der Waals surface area contributed by atoms with E-state index in [-0.39, 0.29) is 11.5 Å². The third kappa shape index (κ3) is 8.96. The highest BCUT2D eigenvalue weighted by Gasteiger charge is 2.07. The maximum Gasteiger partial charge on any atom is 0.263 e. The van der Waals surface area contributed by atoms with Gasteiger partial charge in [0.2, 0.25) is 0 Å². The quantitative estimate of drug-likeness (QED) is 0.351. The van der Waals surface area contributed by atoms with E-state index in [2.05, 4.69) is 17.6 Å². The molecular weight excluding hydrogens is 302 g/mol. The Kier molecular flexibility index (Phi) is 10.8. The van der Waals surface area contributed by atoms with Gasteiger partial charge in [-0.2, -0.15) is 5.26 Å². The van der Waals surface area contributed by atoms with E-state index in [9.17, 15) is 4.79 Å². The number of nitriles is 1. The summed E-state index contributed by atoms with van der Waals surface area (Å²) in [7, 11) is 0. The minimum absolute atomic E-state index is 0.0926. The van der Waals surface area contributed by atoms with Gasteiger partial charge in [-0.15, -0.1) is 0 Å². The molecule has 0 unspecified atom stereocenters. The van der Waals surface area contributed by atoms with E-state index in [1.54, 1.807) is 0 Å². The molecule has 0 atom stereocenters. The highest BCUT2D eigenvalue weighted by Crippen LogP contribution is 1.99. The fourth-order valence-electron chi connectivity index (χ4n) is 2.01. The number of carbonyl (C=O) groups is 1. The van der Waals surface area contributed by atoms with Crippen LogP contribution in [0.1, 0.15) is 31.7 Å². The minimum atomic E-state index is -0.347. The zero-order valence-electron chi connectivity index (χ0n) is 14.4. The predicted molar refractivity (Wildman–Crippen MR) is 95.2 cm³/mol. The average molecular weight is 329 g/mol. The smallest absolute Gasteiger partial charge is 0.263 e. The summed E-state index contributed by atoms with van der Waals surface area (Å²) < 4.78 is 5.45. The van der Waals surface area contributed by atoms with Gasteiger partial charge in [-0.1, -0.05) is 43.7 Å². The lowest BCUT2D eigenvalue weighted by molar-refractivity contribution is -0.117. The van der Waals surface area contributed by atoms with Crippen LogP contribution in [-0.4, -0.2) is 32.2 Å². The van der Waals surface area contributed by atoms with E-state index in [0.717, 1.165) is 37.9 Å². The van der Waals surface area contributed by atoms with Gasteiger partial charge < -0.3 is 15.4 Å². The maximum atomic E-state index is 11.9. The second kappa shape index (κ2) is 13.1. The first-order valence-corrected chi connectivity index (χ1v) is 8.51. The molecule has 0 aromatic heterocycles. The first-order chi connectivity index (χ1) is 11.8. The Morgan fingerprint density at radius 2 is 1.96 bits per heavy atom. The molecule has 1 aromatic carbocycles. The van der Waals surface area contributed by atoms with Crippen LogP contribution in [0.25, 0.3) is 0 Å². The number of amides is 1. The molecule has 0 spiro atoms. The zero-order valence-corrected chi connectivity index (χ0v) is 14.4. The number of benzene rings is 1. The van der Waals surface area contributed by atoms with Crippen molar-refractivity contribution in [1.29, 1.82) is 5.26 Å². The molecular formula is C19H27N3O2. The number of nitrogens with one attached hydrogen (secondary N) is 2. The molecule has 2 N–H and O–H groups in total. The Labute approximate surface area is 144 Å². The Hall–Kier alpha value is -2.32. The number of unbranched alkanes of at least 4 members (excludes halogenated alkanes) is 1. The first-order valence-electron chi connectivity index (χ1n) is 8.51. The molecule has 1 amide bonds. The number of carbonyl (C=O) groups excluding carboxylic acids is 1. The Bertz CT molecular complexity index is 535. The maximum absolute atomic E-state index is 11.9. The minimum Gasteiger partial charge on any atom is -0.390 e. The fraction of sp³-hybridized carbons (Fsp3) is 0.474. The summed E-state index contributed by atoms with van der Waals surface area (Å²) >= 11 is 0. The molecule has 5 heteroatoms. The zero-order chi connectivity index (χ0) is 17.5. The van der Waals surface area contributed by atoms with Gasteiger partial charge in [0.25, 0.3) is 5.91 Å². The van der Waals surface area contributed by atoms with E-state index in [1.165, 1.54) is 6.20 Å². The van der Waals surface area contributed by atoms with Crippen molar-refractivity contribution in [3.8, 4) is 6.07 Å². The summed E-state index contributed by atoms with van der Waals surface area (Å²) in [6.45, 7) is 4.79. The molecule has 0 aliphatic carbocycles. The van der Waals surface area contributed by atoms with Crippen LogP contribution in [0, 0.1) is 11.3 Å². The first kappa shape index (κ1) is 19.7. The summed E-state index contributed by atoms with van der Waals surface area (Å²) in [5, 5.41) is 14.8. The lowest BCUT2D eigenvalue weighted by atomic mass is 10.1. The Balaban J connectivity index is 2.19.